The quantitative estimate of drug-likeness (QED) is 0.858. The van der Waals surface area contributed by atoms with Crippen LogP contribution in [0.1, 0.15) is 25.6 Å². The minimum atomic E-state index is -0.464. The molecule has 5 heteroatoms. The maximum Gasteiger partial charge on any atom is 0.237 e. The molecule has 0 bridgehead atoms. The Labute approximate surface area is 100 Å². The minimum absolute atomic E-state index is 0. The molecule has 1 rings (SSSR count). The van der Waals surface area contributed by atoms with Gasteiger partial charge in [-0.25, -0.2) is 0 Å². The fourth-order valence-electron chi connectivity index (χ4n) is 1.12. The van der Waals surface area contributed by atoms with Gasteiger partial charge in [0.05, 0.1) is 11.6 Å². The molecule has 0 saturated carbocycles. The highest BCUT2D eigenvalue weighted by atomic mass is 35.5. The van der Waals surface area contributed by atoms with E-state index in [1.165, 1.54) is 0 Å². The lowest BCUT2D eigenvalue weighted by Gasteiger charge is -2.26. The highest BCUT2D eigenvalue weighted by Crippen LogP contribution is 2.24. The number of rotatable bonds is 3. The van der Waals surface area contributed by atoms with E-state index in [0.29, 0.717) is 0 Å². The molecule has 0 aromatic carbocycles. The molecule has 15 heavy (non-hydrogen) atoms. The number of thiophene rings is 1. The summed E-state index contributed by atoms with van der Waals surface area (Å²) in [5.74, 6) is -0.122. The predicted molar refractivity (Wildman–Crippen MR) is 66.4 cm³/mol. The van der Waals surface area contributed by atoms with E-state index in [2.05, 4.69) is 5.32 Å². The van der Waals surface area contributed by atoms with Crippen LogP contribution < -0.4 is 11.1 Å². The van der Waals surface area contributed by atoms with Crippen molar-refractivity contribution in [3.63, 3.8) is 0 Å². The van der Waals surface area contributed by atoms with E-state index in [1.807, 2.05) is 31.4 Å². The van der Waals surface area contributed by atoms with Gasteiger partial charge in [-0.3, -0.25) is 4.79 Å². The van der Waals surface area contributed by atoms with Gasteiger partial charge in [0.2, 0.25) is 5.91 Å². The zero-order valence-corrected chi connectivity index (χ0v) is 10.7. The van der Waals surface area contributed by atoms with Gasteiger partial charge in [0, 0.05) is 4.88 Å². The molecule has 1 heterocycles. The number of nitrogens with two attached hydrogens (primary N) is 1. The Kier molecular flexibility index (Phi) is 5.28. The molecule has 0 fully saturated rings. The maximum absolute atomic E-state index is 11.4. The average Bonchev–Trinajstić information content (AvgIpc) is 2.54. The van der Waals surface area contributed by atoms with E-state index >= 15 is 0 Å². The molecular weight excluding hydrogens is 232 g/mol. The largest absolute Gasteiger partial charge is 0.345 e. The van der Waals surface area contributed by atoms with Gasteiger partial charge in [0.15, 0.2) is 0 Å². The summed E-state index contributed by atoms with van der Waals surface area (Å²) < 4.78 is 0. The maximum atomic E-state index is 11.4. The van der Waals surface area contributed by atoms with Crippen LogP contribution in [-0.2, 0) is 10.3 Å². The van der Waals surface area contributed by atoms with Crippen LogP contribution >= 0.6 is 23.7 Å². The summed E-state index contributed by atoms with van der Waals surface area (Å²) >= 11 is 1.63. The zero-order chi connectivity index (χ0) is 10.8. The molecule has 0 spiro atoms. The first kappa shape index (κ1) is 14.4. The van der Waals surface area contributed by atoms with Crippen molar-refractivity contribution in [1.29, 1.82) is 0 Å². The van der Waals surface area contributed by atoms with Gasteiger partial charge in [-0.05, 0) is 32.2 Å². The molecular formula is C10H17ClN2OS. The van der Waals surface area contributed by atoms with Crippen molar-refractivity contribution in [2.24, 2.45) is 5.73 Å². The van der Waals surface area contributed by atoms with Crippen molar-refractivity contribution < 1.29 is 4.79 Å². The van der Waals surface area contributed by atoms with Crippen LogP contribution in [0, 0.1) is 0 Å². The van der Waals surface area contributed by atoms with E-state index in [4.69, 9.17) is 5.73 Å². The average molecular weight is 249 g/mol. The molecule has 0 aliphatic carbocycles. The van der Waals surface area contributed by atoms with Gasteiger partial charge in [0.25, 0.3) is 0 Å². The summed E-state index contributed by atoms with van der Waals surface area (Å²) in [6.07, 6.45) is 0. The smallest absolute Gasteiger partial charge is 0.237 e. The van der Waals surface area contributed by atoms with Crippen LogP contribution in [0.5, 0.6) is 0 Å². The first-order valence-corrected chi connectivity index (χ1v) is 5.43. The summed E-state index contributed by atoms with van der Waals surface area (Å²) in [5.41, 5.74) is 5.15. The van der Waals surface area contributed by atoms with E-state index in [0.717, 1.165) is 4.88 Å². The lowest BCUT2D eigenvalue weighted by atomic mass is 10.0. The molecule has 0 saturated heterocycles. The predicted octanol–water partition coefficient (Wildman–Crippen LogP) is 1.87. The third kappa shape index (κ3) is 3.81. The number of carbonyl (C=O) groups is 1. The van der Waals surface area contributed by atoms with Crippen molar-refractivity contribution in [2.75, 3.05) is 0 Å². The molecule has 86 valence electrons. The first-order valence-electron chi connectivity index (χ1n) is 4.55. The third-order valence-electron chi connectivity index (χ3n) is 1.99. The molecule has 1 aromatic heterocycles. The van der Waals surface area contributed by atoms with Gasteiger partial charge in [-0.1, -0.05) is 6.07 Å². The normalized spacial score (nSPS) is 12.8. The minimum Gasteiger partial charge on any atom is -0.345 e. The van der Waals surface area contributed by atoms with E-state index < -0.39 is 6.04 Å². The lowest BCUT2D eigenvalue weighted by molar-refractivity contribution is -0.123. The Morgan fingerprint density at radius 2 is 2.20 bits per heavy atom. The molecule has 3 N–H and O–H groups in total. The highest BCUT2D eigenvalue weighted by molar-refractivity contribution is 7.10. The lowest BCUT2D eigenvalue weighted by Crippen LogP contribution is -2.47. The van der Waals surface area contributed by atoms with Gasteiger partial charge in [-0.2, -0.15) is 0 Å². The first-order chi connectivity index (χ1) is 6.43. The number of carbonyl (C=O) groups excluding carboxylic acids is 1. The van der Waals surface area contributed by atoms with E-state index in [-0.39, 0.29) is 23.9 Å². The summed E-state index contributed by atoms with van der Waals surface area (Å²) in [7, 11) is 0. The summed E-state index contributed by atoms with van der Waals surface area (Å²) in [6.45, 7) is 5.62. The third-order valence-corrected chi connectivity index (χ3v) is 3.18. The molecule has 0 radical (unpaired) electrons. The molecule has 1 aromatic rings. The number of amides is 1. The fourth-order valence-corrected chi connectivity index (χ4v) is 1.92. The van der Waals surface area contributed by atoms with Crippen LogP contribution in [0.2, 0.25) is 0 Å². The molecule has 0 aliphatic rings. The van der Waals surface area contributed by atoms with E-state index in [1.54, 1.807) is 18.3 Å². The Bertz CT molecular complexity index is 309. The monoisotopic (exact) mass is 248 g/mol. The molecule has 0 aliphatic heterocycles. The topological polar surface area (TPSA) is 55.1 Å². The van der Waals surface area contributed by atoms with Gasteiger partial charge in [0.1, 0.15) is 0 Å². The second-order valence-electron chi connectivity index (χ2n) is 3.88. The van der Waals surface area contributed by atoms with Crippen molar-refractivity contribution >= 4 is 29.7 Å². The molecule has 1 atom stereocenters. The van der Waals surface area contributed by atoms with Crippen LogP contribution in [0.3, 0.4) is 0 Å². The van der Waals surface area contributed by atoms with E-state index in [9.17, 15) is 4.79 Å². The fraction of sp³-hybridized carbons (Fsp3) is 0.500. The number of halogens is 1. The number of nitrogens with one attached hydrogen (secondary N) is 1. The molecule has 0 unspecified atom stereocenters. The SMILES string of the molecule is C[C@@H](N)C(=O)NC(C)(C)c1cccs1.Cl. The summed E-state index contributed by atoms with van der Waals surface area (Å²) in [5, 5.41) is 4.90. The number of hydrogen-bond acceptors (Lipinski definition) is 3. The summed E-state index contributed by atoms with van der Waals surface area (Å²) in [6, 6.07) is 3.51. The Hall–Kier alpha value is -0.580. The highest BCUT2D eigenvalue weighted by Gasteiger charge is 2.24. The second kappa shape index (κ2) is 5.49. The van der Waals surface area contributed by atoms with Crippen molar-refractivity contribution in [2.45, 2.75) is 32.4 Å². The Morgan fingerprint density at radius 3 is 2.60 bits per heavy atom. The number of hydrogen-bond donors (Lipinski definition) is 2. The standard InChI is InChI=1S/C10H16N2OS.ClH/c1-7(11)9(13)12-10(2,3)8-5-4-6-14-8;/h4-7H,11H2,1-3H3,(H,12,13);1H/t7-;/m1./s1. The van der Waals surface area contributed by atoms with Crippen molar-refractivity contribution in [3.05, 3.63) is 22.4 Å². The Morgan fingerprint density at radius 1 is 1.60 bits per heavy atom. The Balaban J connectivity index is 0.00000196. The van der Waals surface area contributed by atoms with Gasteiger partial charge in [-0.15, -0.1) is 23.7 Å². The van der Waals surface area contributed by atoms with Crippen molar-refractivity contribution in [3.8, 4) is 0 Å². The zero-order valence-electron chi connectivity index (χ0n) is 9.11. The van der Waals surface area contributed by atoms with Crippen LogP contribution in [0.4, 0.5) is 0 Å². The second-order valence-corrected chi connectivity index (χ2v) is 4.83. The molecule has 1 amide bonds. The van der Waals surface area contributed by atoms with Crippen LogP contribution in [-0.4, -0.2) is 11.9 Å². The van der Waals surface area contributed by atoms with Crippen LogP contribution in [0.25, 0.3) is 0 Å². The summed E-state index contributed by atoms with van der Waals surface area (Å²) in [4.78, 5) is 12.6. The van der Waals surface area contributed by atoms with Crippen molar-refractivity contribution in [1.82, 2.24) is 5.32 Å². The molecule has 3 nitrogen and oxygen atoms in total. The van der Waals surface area contributed by atoms with Crippen LogP contribution in [0.15, 0.2) is 17.5 Å². The van der Waals surface area contributed by atoms with Gasteiger partial charge < -0.3 is 11.1 Å². The van der Waals surface area contributed by atoms with Gasteiger partial charge >= 0.3 is 0 Å².